The van der Waals surface area contributed by atoms with E-state index < -0.39 is 6.04 Å². The molecule has 1 aliphatic heterocycles. The molecule has 0 radical (unpaired) electrons. The zero-order valence-corrected chi connectivity index (χ0v) is 21.3. The summed E-state index contributed by atoms with van der Waals surface area (Å²) in [5.41, 5.74) is 1.17. The van der Waals surface area contributed by atoms with E-state index in [1.807, 2.05) is 54.0 Å². The van der Waals surface area contributed by atoms with Gasteiger partial charge in [0.15, 0.2) is 0 Å². The Bertz CT molecular complexity index is 911. The minimum absolute atomic E-state index is 0.0342. The monoisotopic (exact) mass is 485 g/mol. The number of furan rings is 1. The lowest BCUT2D eigenvalue weighted by molar-refractivity contribution is -0.150. The number of aryl methyl sites for hydroxylation is 1. The van der Waals surface area contributed by atoms with Crippen LogP contribution in [0.15, 0.2) is 46.9 Å². The van der Waals surface area contributed by atoms with Gasteiger partial charge >= 0.3 is 5.97 Å². The molecule has 0 N–H and O–H groups in total. The lowest BCUT2D eigenvalue weighted by Gasteiger charge is -2.33. The third kappa shape index (κ3) is 8.80. The van der Waals surface area contributed by atoms with Gasteiger partial charge in [-0.25, -0.2) is 0 Å². The Morgan fingerprint density at radius 3 is 2.49 bits per heavy atom. The predicted octanol–water partition coefficient (Wildman–Crippen LogP) is 2.75. The summed E-state index contributed by atoms with van der Waals surface area (Å²) in [6.07, 6.45) is 0.744. The fraction of sp³-hybridized carbons (Fsp3) is 0.556. The van der Waals surface area contributed by atoms with Crippen molar-refractivity contribution in [2.75, 3.05) is 59.1 Å². The van der Waals surface area contributed by atoms with Crippen LogP contribution in [0, 0.1) is 6.92 Å². The number of hydrogen-bond donors (Lipinski definition) is 0. The van der Waals surface area contributed by atoms with Crippen molar-refractivity contribution >= 4 is 11.9 Å². The van der Waals surface area contributed by atoms with Crippen LogP contribution >= 0.6 is 0 Å². The first kappa shape index (κ1) is 26.9. The third-order valence-corrected chi connectivity index (χ3v) is 6.33. The van der Waals surface area contributed by atoms with Crippen LogP contribution in [0.3, 0.4) is 0 Å². The van der Waals surface area contributed by atoms with Crippen LogP contribution in [0.4, 0.5) is 0 Å². The van der Waals surface area contributed by atoms with Crippen molar-refractivity contribution in [3.05, 3.63) is 59.5 Å². The van der Waals surface area contributed by atoms with Gasteiger partial charge in [-0.05, 0) is 44.9 Å². The van der Waals surface area contributed by atoms with Crippen molar-refractivity contribution in [3.63, 3.8) is 0 Å². The van der Waals surface area contributed by atoms with Crippen LogP contribution in [0.5, 0.6) is 0 Å². The second kappa shape index (κ2) is 14.0. The number of esters is 1. The molecule has 3 rings (SSSR count). The van der Waals surface area contributed by atoms with E-state index in [4.69, 9.17) is 13.9 Å². The first-order valence-electron chi connectivity index (χ1n) is 12.5. The van der Waals surface area contributed by atoms with Crippen molar-refractivity contribution in [1.82, 2.24) is 14.7 Å². The van der Waals surface area contributed by atoms with Gasteiger partial charge in [-0.3, -0.25) is 19.4 Å². The van der Waals surface area contributed by atoms with Crippen molar-refractivity contribution < 1.29 is 23.5 Å². The maximum Gasteiger partial charge on any atom is 0.323 e. The lowest BCUT2D eigenvalue weighted by atomic mass is 10.1. The highest BCUT2D eigenvalue weighted by atomic mass is 16.5. The van der Waals surface area contributed by atoms with Gasteiger partial charge in [0.25, 0.3) is 0 Å². The fourth-order valence-electron chi connectivity index (χ4n) is 4.15. The summed E-state index contributed by atoms with van der Waals surface area (Å²) in [7, 11) is 0. The quantitative estimate of drug-likeness (QED) is 0.404. The number of morpholine rings is 1. The maximum absolute atomic E-state index is 13.6. The van der Waals surface area contributed by atoms with Crippen LogP contribution in [0.2, 0.25) is 0 Å². The molecule has 0 spiro atoms. The molecule has 8 heteroatoms. The van der Waals surface area contributed by atoms with Gasteiger partial charge < -0.3 is 18.8 Å². The molecule has 0 saturated carbocycles. The number of ether oxygens (including phenoxy) is 2. The number of nitrogens with zero attached hydrogens (tertiary/aromatic N) is 3. The maximum atomic E-state index is 13.6. The van der Waals surface area contributed by atoms with E-state index in [0.717, 1.165) is 37.6 Å². The molecular formula is C27H39N3O5. The molecule has 1 aromatic heterocycles. The number of rotatable bonds is 13. The standard InChI is InChI=1S/C27H39N3O5/c1-4-34-27(32)23(3)29(15-14-28-16-18-33-19-17-28)21-26(31)30(20-25-11-10-22(2)35-25)13-12-24-8-6-5-7-9-24/h5-11,23H,4,12-21H2,1-3H3. The largest absolute Gasteiger partial charge is 0.465 e. The van der Waals surface area contributed by atoms with Crippen molar-refractivity contribution in [2.45, 2.75) is 39.8 Å². The molecule has 192 valence electrons. The number of hydrogen-bond acceptors (Lipinski definition) is 7. The van der Waals surface area contributed by atoms with Crippen LogP contribution < -0.4 is 0 Å². The summed E-state index contributed by atoms with van der Waals surface area (Å²) in [6.45, 7) is 11.4. The summed E-state index contributed by atoms with van der Waals surface area (Å²) in [5, 5.41) is 0. The molecule has 2 aromatic rings. The summed E-state index contributed by atoms with van der Waals surface area (Å²) in [4.78, 5) is 32.2. The fourth-order valence-corrected chi connectivity index (χ4v) is 4.15. The Morgan fingerprint density at radius 1 is 1.09 bits per heavy atom. The van der Waals surface area contributed by atoms with E-state index in [9.17, 15) is 9.59 Å². The van der Waals surface area contributed by atoms with Gasteiger partial charge in [0.1, 0.15) is 17.6 Å². The second-order valence-corrected chi connectivity index (χ2v) is 8.92. The highest BCUT2D eigenvalue weighted by Gasteiger charge is 2.27. The highest BCUT2D eigenvalue weighted by Crippen LogP contribution is 2.13. The number of carbonyl (C=O) groups is 2. The van der Waals surface area contributed by atoms with Crippen LogP contribution in [-0.2, 0) is 32.0 Å². The highest BCUT2D eigenvalue weighted by molar-refractivity contribution is 5.80. The van der Waals surface area contributed by atoms with E-state index in [2.05, 4.69) is 17.0 Å². The van der Waals surface area contributed by atoms with Crippen LogP contribution in [0.25, 0.3) is 0 Å². The first-order chi connectivity index (χ1) is 17.0. The van der Waals surface area contributed by atoms with Gasteiger partial charge in [0, 0.05) is 32.7 Å². The molecule has 1 aromatic carbocycles. The molecular weight excluding hydrogens is 446 g/mol. The average Bonchev–Trinajstić information content (AvgIpc) is 3.29. The van der Waals surface area contributed by atoms with Crippen LogP contribution in [-0.4, -0.2) is 91.7 Å². The average molecular weight is 486 g/mol. The van der Waals surface area contributed by atoms with E-state index in [0.29, 0.717) is 39.5 Å². The Hall–Kier alpha value is -2.68. The minimum Gasteiger partial charge on any atom is -0.465 e. The SMILES string of the molecule is CCOC(=O)C(C)N(CCN1CCOCC1)CC(=O)N(CCc1ccccc1)Cc1ccc(C)o1. The Balaban J connectivity index is 1.70. The van der Waals surface area contributed by atoms with E-state index in [1.54, 1.807) is 6.92 Å². The topological polar surface area (TPSA) is 75.5 Å². The molecule has 2 heterocycles. The molecule has 1 aliphatic rings. The normalized spacial score (nSPS) is 15.2. The number of amides is 1. The van der Waals surface area contributed by atoms with Gasteiger partial charge in [0.05, 0.1) is 32.9 Å². The smallest absolute Gasteiger partial charge is 0.323 e. The summed E-state index contributed by atoms with van der Waals surface area (Å²) < 4.78 is 16.5. The van der Waals surface area contributed by atoms with Gasteiger partial charge in [-0.2, -0.15) is 0 Å². The minimum atomic E-state index is -0.512. The molecule has 1 atom stereocenters. The Morgan fingerprint density at radius 2 is 1.83 bits per heavy atom. The summed E-state index contributed by atoms with van der Waals surface area (Å²) >= 11 is 0. The third-order valence-electron chi connectivity index (χ3n) is 6.33. The lowest BCUT2D eigenvalue weighted by Crippen LogP contribution is -2.50. The van der Waals surface area contributed by atoms with Gasteiger partial charge in [-0.15, -0.1) is 0 Å². The van der Waals surface area contributed by atoms with Crippen LogP contribution in [0.1, 0.15) is 30.9 Å². The summed E-state index contributed by atoms with van der Waals surface area (Å²) in [5.74, 6) is 1.23. The molecule has 1 unspecified atom stereocenters. The number of carbonyl (C=O) groups excluding carboxylic acids is 2. The van der Waals surface area contributed by atoms with Gasteiger partial charge in [0.2, 0.25) is 5.91 Å². The van der Waals surface area contributed by atoms with Crippen molar-refractivity contribution in [3.8, 4) is 0 Å². The van der Waals surface area contributed by atoms with Crippen molar-refractivity contribution in [2.24, 2.45) is 0 Å². The Labute approximate surface area is 208 Å². The number of benzene rings is 1. The van der Waals surface area contributed by atoms with Crippen molar-refractivity contribution in [1.29, 1.82) is 0 Å². The Kier molecular flexibility index (Phi) is 10.8. The van der Waals surface area contributed by atoms with E-state index >= 15 is 0 Å². The molecule has 0 bridgehead atoms. The van der Waals surface area contributed by atoms with E-state index in [-0.39, 0.29) is 18.4 Å². The molecule has 8 nitrogen and oxygen atoms in total. The molecule has 1 amide bonds. The molecule has 1 fully saturated rings. The summed E-state index contributed by atoms with van der Waals surface area (Å²) in [6, 6.07) is 13.4. The molecule has 35 heavy (non-hydrogen) atoms. The van der Waals surface area contributed by atoms with Gasteiger partial charge in [-0.1, -0.05) is 30.3 Å². The first-order valence-corrected chi connectivity index (χ1v) is 12.5. The second-order valence-electron chi connectivity index (χ2n) is 8.92. The van der Waals surface area contributed by atoms with E-state index in [1.165, 1.54) is 5.56 Å². The molecule has 0 aliphatic carbocycles. The molecule has 1 saturated heterocycles. The zero-order valence-electron chi connectivity index (χ0n) is 21.3. The predicted molar refractivity (Wildman–Crippen MR) is 134 cm³/mol. The zero-order chi connectivity index (χ0) is 25.0.